The summed E-state index contributed by atoms with van der Waals surface area (Å²) in [7, 11) is 0. The van der Waals surface area contributed by atoms with Crippen molar-refractivity contribution in [2.45, 2.75) is 31.7 Å². The Labute approximate surface area is 136 Å². The fourth-order valence-electron chi connectivity index (χ4n) is 3.00. The van der Waals surface area contributed by atoms with E-state index < -0.39 is 0 Å². The summed E-state index contributed by atoms with van der Waals surface area (Å²) < 4.78 is 0. The maximum absolute atomic E-state index is 12.6. The average molecular weight is 311 g/mol. The van der Waals surface area contributed by atoms with Crippen molar-refractivity contribution < 1.29 is 9.90 Å². The molecule has 2 N–H and O–H groups in total. The lowest BCUT2D eigenvalue weighted by atomic mass is 9.96. The number of phenolic OH excluding ortho intramolecular Hbond substituents is 1. The van der Waals surface area contributed by atoms with Crippen LogP contribution < -0.4 is 5.32 Å². The predicted molar refractivity (Wildman–Crippen MR) is 89.4 cm³/mol. The standard InChI is InChI=1S/C18H21N3O2/c22-16-9-7-14(8-10-16)13-15-5-2-4-12-21(15)18(23)20-17-6-1-3-11-19-17/h1,3,6-11,15,22H,2,4-5,12-13H2,(H,19,20,23). The largest absolute Gasteiger partial charge is 0.508 e. The van der Waals surface area contributed by atoms with Gasteiger partial charge in [-0.1, -0.05) is 18.2 Å². The first kappa shape index (κ1) is 15.3. The second kappa shape index (κ2) is 7.13. The molecule has 5 heteroatoms. The molecule has 23 heavy (non-hydrogen) atoms. The van der Waals surface area contributed by atoms with E-state index in [4.69, 9.17) is 0 Å². The van der Waals surface area contributed by atoms with Crippen LogP contribution in [0.5, 0.6) is 5.75 Å². The maximum Gasteiger partial charge on any atom is 0.323 e. The molecular weight excluding hydrogens is 290 g/mol. The van der Waals surface area contributed by atoms with Crippen molar-refractivity contribution in [1.29, 1.82) is 0 Å². The van der Waals surface area contributed by atoms with Gasteiger partial charge in [0.1, 0.15) is 11.6 Å². The number of rotatable bonds is 3. The molecule has 1 unspecified atom stereocenters. The predicted octanol–water partition coefficient (Wildman–Crippen LogP) is 3.42. The quantitative estimate of drug-likeness (QED) is 0.913. The van der Waals surface area contributed by atoms with Crippen molar-refractivity contribution in [3.63, 3.8) is 0 Å². The second-order valence-corrected chi connectivity index (χ2v) is 5.86. The zero-order valence-electron chi connectivity index (χ0n) is 13.0. The third kappa shape index (κ3) is 4.00. The van der Waals surface area contributed by atoms with E-state index in [1.165, 1.54) is 0 Å². The number of benzene rings is 1. The van der Waals surface area contributed by atoms with Crippen LogP contribution in [0.15, 0.2) is 48.7 Å². The number of hydrogen-bond acceptors (Lipinski definition) is 3. The second-order valence-electron chi connectivity index (χ2n) is 5.86. The Kier molecular flexibility index (Phi) is 4.76. The summed E-state index contributed by atoms with van der Waals surface area (Å²) >= 11 is 0. The molecule has 3 rings (SSSR count). The third-order valence-electron chi connectivity index (χ3n) is 4.20. The minimum Gasteiger partial charge on any atom is -0.508 e. The number of aromatic nitrogens is 1. The molecule has 1 aliphatic rings. The Bertz CT molecular complexity index is 643. The van der Waals surface area contributed by atoms with Gasteiger partial charge in [-0.15, -0.1) is 0 Å². The van der Waals surface area contributed by atoms with Crippen LogP contribution in [0.3, 0.4) is 0 Å². The van der Waals surface area contributed by atoms with Crippen LogP contribution in [0.25, 0.3) is 0 Å². The number of aromatic hydroxyl groups is 1. The number of anilines is 1. The number of nitrogens with one attached hydrogen (secondary N) is 1. The van der Waals surface area contributed by atoms with Gasteiger partial charge < -0.3 is 10.0 Å². The molecule has 1 saturated heterocycles. The first-order chi connectivity index (χ1) is 11.2. The number of hydrogen-bond donors (Lipinski definition) is 2. The number of phenols is 1. The molecule has 1 aliphatic heterocycles. The van der Waals surface area contributed by atoms with Crippen LogP contribution in [0.4, 0.5) is 10.6 Å². The molecule has 120 valence electrons. The summed E-state index contributed by atoms with van der Waals surface area (Å²) in [6.45, 7) is 0.765. The highest BCUT2D eigenvalue weighted by Gasteiger charge is 2.27. The molecule has 0 radical (unpaired) electrons. The van der Waals surface area contributed by atoms with E-state index in [2.05, 4.69) is 10.3 Å². The molecule has 0 bridgehead atoms. The molecule has 2 aromatic rings. The monoisotopic (exact) mass is 311 g/mol. The number of likely N-dealkylation sites (tertiary alicyclic amines) is 1. The summed E-state index contributed by atoms with van der Waals surface area (Å²) in [5.74, 6) is 0.841. The first-order valence-corrected chi connectivity index (χ1v) is 7.99. The number of carbonyl (C=O) groups is 1. The van der Waals surface area contributed by atoms with Gasteiger partial charge in [0, 0.05) is 18.8 Å². The first-order valence-electron chi connectivity index (χ1n) is 7.99. The highest BCUT2D eigenvalue weighted by atomic mass is 16.3. The maximum atomic E-state index is 12.6. The molecule has 2 amide bonds. The lowest BCUT2D eigenvalue weighted by Gasteiger charge is -2.35. The van der Waals surface area contributed by atoms with Crippen molar-refractivity contribution >= 4 is 11.8 Å². The summed E-state index contributed by atoms with van der Waals surface area (Å²) in [6.07, 6.45) is 5.63. The van der Waals surface area contributed by atoms with Crippen LogP contribution in [-0.4, -0.2) is 33.6 Å². The Morgan fingerprint density at radius 1 is 1.22 bits per heavy atom. The normalized spacial score (nSPS) is 17.7. The summed E-state index contributed by atoms with van der Waals surface area (Å²) in [6, 6.07) is 12.8. The highest BCUT2D eigenvalue weighted by Crippen LogP contribution is 2.22. The topological polar surface area (TPSA) is 65.5 Å². The lowest BCUT2D eigenvalue weighted by molar-refractivity contribution is 0.162. The van der Waals surface area contributed by atoms with Crippen LogP contribution in [0, 0.1) is 0 Å². The molecule has 5 nitrogen and oxygen atoms in total. The number of carbonyl (C=O) groups excluding carboxylic acids is 1. The number of amides is 2. The van der Waals surface area contributed by atoms with Gasteiger partial charge in [0.15, 0.2) is 0 Å². The van der Waals surface area contributed by atoms with Gasteiger partial charge in [-0.05, 0) is 55.5 Å². The molecule has 0 spiro atoms. The number of nitrogens with zero attached hydrogens (tertiary/aromatic N) is 2. The molecule has 0 aliphatic carbocycles. The van der Waals surface area contributed by atoms with E-state index in [0.29, 0.717) is 5.82 Å². The third-order valence-corrected chi connectivity index (χ3v) is 4.20. The minimum atomic E-state index is -0.0906. The average Bonchev–Trinajstić information content (AvgIpc) is 2.58. The van der Waals surface area contributed by atoms with E-state index in [0.717, 1.165) is 37.8 Å². The molecular formula is C18H21N3O2. The summed E-state index contributed by atoms with van der Waals surface area (Å²) in [5.41, 5.74) is 1.13. The Balaban J connectivity index is 1.68. The van der Waals surface area contributed by atoms with Gasteiger partial charge in [0.25, 0.3) is 0 Å². The van der Waals surface area contributed by atoms with Gasteiger partial charge in [0.2, 0.25) is 0 Å². The lowest BCUT2D eigenvalue weighted by Crippen LogP contribution is -2.47. The van der Waals surface area contributed by atoms with E-state index in [9.17, 15) is 9.90 Å². The zero-order chi connectivity index (χ0) is 16.1. The highest BCUT2D eigenvalue weighted by molar-refractivity contribution is 5.88. The molecule has 1 atom stereocenters. The Hall–Kier alpha value is -2.56. The molecule has 1 aromatic heterocycles. The van der Waals surface area contributed by atoms with E-state index in [1.54, 1.807) is 24.4 Å². The van der Waals surface area contributed by atoms with E-state index in [1.807, 2.05) is 29.2 Å². The molecule has 2 heterocycles. The van der Waals surface area contributed by atoms with Gasteiger partial charge in [-0.25, -0.2) is 9.78 Å². The zero-order valence-corrected chi connectivity index (χ0v) is 13.0. The SMILES string of the molecule is O=C(Nc1ccccn1)N1CCCCC1Cc1ccc(O)cc1. The number of urea groups is 1. The van der Waals surface area contributed by atoms with Crippen molar-refractivity contribution in [1.82, 2.24) is 9.88 Å². The van der Waals surface area contributed by atoms with Crippen molar-refractivity contribution in [3.8, 4) is 5.75 Å². The van der Waals surface area contributed by atoms with Crippen molar-refractivity contribution in [2.75, 3.05) is 11.9 Å². The van der Waals surface area contributed by atoms with Gasteiger partial charge in [-0.2, -0.15) is 0 Å². The van der Waals surface area contributed by atoms with Gasteiger partial charge >= 0.3 is 6.03 Å². The van der Waals surface area contributed by atoms with Crippen LogP contribution in [0.1, 0.15) is 24.8 Å². The summed E-state index contributed by atoms with van der Waals surface area (Å²) in [5, 5.41) is 12.3. The molecule has 0 saturated carbocycles. The van der Waals surface area contributed by atoms with Crippen LogP contribution in [0.2, 0.25) is 0 Å². The smallest absolute Gasteiger partial charge is 0.323 e. The number of pyridine rings is 1. The van der Waals surface area contributed by atoms with Crippen LogP contribution in [-0.2, 0) is 6.42 Å². The van der Waals surface area contributed by atoms with E-state index in [-0.39, 0.29) is 17.8 Å². The van der Waals surface area contributed by atoms with Crippen molar-refractivity contribution in [3.05, 3.63) is 54.2 Å². The minimum absolute atomic E-state index is 0.0906. The molecule has 1 aromatic carbocycles. The Morgan fingerprint density at radius 3 is 2.78 bits per heavy atom. The fourth-order valence-corrected chi connectivity index (χ4v) is 3.00. The summed E-state index contributed by atoms with van der Waals surface area (Å²) in [4.78, 5) is 18.6. The fraction of sp³-hybridized carbons (Fsp3) is 0.333. The van der Waals surface area contributed by atoms with Gasteiger partial charge in [-0.3, -0.25) is 5.32 Å². The van der Waals surface area contributed by atoms with Crippen molar-refractivity contribution in [2.24, 2.45) is 0 Å². The number of piperidine rings is 1. The van der Waals surface area contributed by atoms with E-state index >= 15 is 0 Å². The Morgan fingerprint density at radius 2 is 2.04 bits per heavy atom. The van der Waals surface area contributed by atoms with Crippen LogP contribution >= 0.6 is 0 Å². The van der Waals surface area contributed by atoms with Gasteiger partial charge in [0.05, 0.1) is 0 Å². The molecule has 1 fully saturated rings.